The molecule has 1 fully saturated rings. The summed E-state index contributed by atoms with van der Waals surface area (Å²) in [6.45, 7) is 2.77. The van der Waals surface area contributed by atoms with Gasteiger partial charge in [0.25, 0.3) is 0 Å². The molecule has 1 N–H and O–H groups in total. The van der Waals surface area contributed by atoms with Crippen molar-refractivity contribution in [2.75, 3.05) is 13.1 Å². The summed E-state index contributed by atoms with van der Waals surface area (Å²) in [5.74, 6) is -0.170. The van der Waals surface area contributed by atoms with Gasteiger partial charge in [-0.2, -0.15) is 0 Å². The molecule has 1 aliphatic heterocycles. The predicted molar refractivity (Wildman–Crippen MR) is 88.0 cm³/mol. The topological polar surface area (TPSA) is 62.3 Å². The van der Waals surface area contributed by atoms with E-state index in [4.69, 9.17) is 0 Å². The summed E-state index contributed by atoms with van der Waals surface area (Å²) < 4.78 is 0.833. The van der Waals surface area contributed by atoms with E-state index in [9.17, 15) is 9.59 Å². The van der Waals surface area contributed by atoms with Gasteiger partial charge in [0.2, 0.25) is 5.91 Å². The van der Waals surface area contributed by atoms with Crippen molar-refractivity contribution in [3.8, 4) is 11.3 Å². The third kappa shape index (κ3) is 3.15. The van der Waals surface area contributed by atoms with Crippen LogP contribution in [0.1, 0.15) is 6.92 Å². The van der Waals surface area contributed by atoms with Gasteiger partial charge in [-0.15, -0.1) is 11.3 Å². The fourth-order valence-corrected chi connectivity index (χ4v) is 4.19. The number of urea groups is 1. The van der Waals surface area contributed by atoms with Crippen LogP contribution in [0.15, 0.2) is 40.1 Å². The van der Waals surface area contributed by atoms with E-state index in [2.05, 4.69) is 10.3 Å². The summed E-state index contributed by atoms with van der Waals surface area (Å²) in [6.07, 6.45) is 0. The van der Waals surface area contributed by atoms with Gasteiger partial charge < -0.3 is 5.32 Å². The molecule has 5 nitrogen and oxygen atoms in total. The molecule has 1 aromatic heterocycles. The highest BCUT2D eigenvalue weighted by atomic mass is 32.2. The Morgan fingerprint density at radius 2 is 2.18 bits per heavy atom. The highest BCUT2D eigenvalue weighted by Crippen LogP contribution is 2.31. The SMILES string of the molecule is C[C@H](Sc1nc(-c2ccccc2)cs1)C(=O)N1CCNC1=O. The first kappa shape index (κ1) is 15.1. The second-order valence-corrected chi connectivity index (χ2v) is 7.29. The van der Waals surface area contributed by atoms with Crippen molar-refractivity contribution in [3.63, 3.8) is 0 Å². The van der Waals surface area contributed by atoms with Gasteiger partial charge >= 0.3 is 6.03 Å². The van der Waals surface area contributed by atoms with E-state index in [1.165, 1.54) is 28.0 Å². The average molecular weight is 333 g/mol. The van der Waals surface area contributed by atoms with Crippen molar-refractivity contribution in [1.82, 2.24) is 15.2 Å². The van der Waals surface area contributed by atoms with Crippen LogP contribution < -0.4 is 5.32 Å². The van der Waals surface area contributed by atoms with Gasteiger partial charge in [-0.25, -0.2) is 9.78 Å². The van der Waals surface area contributed by atoms with E-state index in [-0.39, 0.29) is 17.2 Å². The molecule has 3 rings (SSSR count). The fraction of sp³-hybridized carbons (Fsp3) is 0.267. The standard InChI is InChI=1S/C15H15N3O2S2/c1-10(13(19)18-8-7-16-14(18)20)22-15-17-12(9-21-15)11-5-3-2-4-6-11/h2-6,9-10H,7-8H2,1H3,(H,16,20)/t10-/m0/s1. The van der Waals surface area contributed by atoms with Crippen LogP contribution in [0.25, 0.3) is 11.3 Å². The molecule has 1 aliphatic rings. The number of nitrogens with one attached hydrogen (secondary N) is 1. The van der Waals surface area contributed by atoms with Crippen molar-refractivity contribution < 1.29 is 9.59 Å². The Balaban J connectivity index is 1.67. The monoisotopic (exact) mass is 333 g/mol. The molecular weight excluding hydrogens is 318 g/mol. The molecule has 1 saturated heterocycles. The summed E-state index contributed by atoms with van der Waals surface area (Å²) in [5, 5.41) is 4.29. The molecule has 3 amide bonds. The third-order valence-electron chi connectivity index (χ3n) is 3.30. The van der Waals surface area contributed by atoms with E-state index in [1.807, 2.05) is 42.6 Å². The molecule has 22 heavy (non-hydrogen) atoms. The Labute approximate surface area is 136 Å². The van der Waals surface area contributed by atoms with Crippen LogP contribution in [0.4, 0.5) is 4.79 Å². The predicted octanol–water partition coefficient (Wildman–Crippen LogP) is 2.84. The van der Waals surface area contributed by atoms with Gasteiger partial charge in [-0.05, 0) is 6.92 Å². The summed E-state index contributed by atoms with van der Waals surface area (Å²) in [4.78, 5) is 29.6. The summed E-state index contributed by atoms with van der Waals surface area (Å²) >= 11 is 2.91. The lowest BCUT2D eigenvalue weighted by atomic mass is 10.2. The van der Waals surface area contributed by atoms with Gasteiger partial charge in [0.1, 0.15) is 0 Å². The first-order valence-corrected chi connectivity index (χ1v) is 8.68. The summed E-state index contributed by atoms with van der Waals surface area (Å²) in [6, 6.07) is 9.62. The number of carbonyl (C=O) groups is 2. The van der Waals surface area contributed by atoms with E-state index in [0.717, 1.165) is 15.6 Å². The largest absolute Gasteiger partial charge is 0.336 e. The van der Waals surface area contributed by atoms with Gasteiger partial charge in [-0.1, -0.05) is 42.1 Å². The minimum atomic E-state index is -0.335. The maximum atomic E-state index is 12.3. The normalized spacial score (nSPS) is 15.7. The minimum absolute atomic E-state index is 0.170. The molecule has 0 saturated carbocycles. The highest BCUT2D eigenvalue weighted by molar-refractivity contribution is 8.02. The quantitative estimate of drug-likeness (QED) is 0.874. The first-order valence-electron chi connectivity index (χ1n) is 6.92. The van der Waals surface area contributed by atoms with Crippen molar-refractivity contribution in [2.24, 2.45) is 0 Å². The number of thioether (sulfide) groups is 1. The zero-order chi connectivity index (χ0) is 15.5. The Hall–Kier alpha value is -1.86. The van der Waals surface area contributed by atoms with E-state index in [1.54, 1.807) is 0 Å². The van der Waals surface area contributed by atoms with Gasteiger partial charge in [0.15, 0.2) is 4.34 Å². The summed E-state index contributed by atoms with van der Waals surface area (Å²) in [7, 11) is 0. The first-order chi connectivity index (χ1) is 10.6. The maximum absolute atomic E-state index is 12.3. The number of thiazole rings is 1. The number of hydrogen-bond donors (Lipinski definition) is 1. The van der Waals surface area contributed by atoms with Gasteiger partial charge in [-0.3, -0.25) is 9.69 Å². The number of rotatable bonds is 4. The second-order valence-electron chi connectivity index (χ2n) is 4.85. The number of amides is 3. The zero-order valence-electron chi connectivity index (χ0n) is 12.0. The maximum Gasteiger partial charge on any atom is 0.324 e. The van der Waals surface area contributed by atoms with Crippen molar-refractivity contribution in [1.29, 1.82) is 0 Å². The molecule has 7 heteroatoms. The third-order valence-corrected chi connectivity index (χ3v) is 5.36. The molecule has 0 radical (unpaired) electrons. The average Bonchev–Trinajstić information content (AvgIpc) is 3.16. The molecule has 2 heterocycles. The van der Waals surface area contributed by atoms with E-state index in [0.29, 0.717) is 13.1 Å². The molecule has 1 aromatic carbocycles. The molecule has 0 spiro atoms. The lowest BCUT2D eigenvalue weighted by Crippen LogP contribution is -2.38. The van der Waals surface area contributed by atoms with E-state index >= 15 is 0 Å². The molecule has 1 atom stereocenters. The number of imide groups is 1. The Bertz CT molecular complexity index is 687. The lowest BCUT2D eigenvalue weighted by molar-refractivity contribution is -0.126. The van der Waals surface area contributed by atoms with Gasteiger partial charge in [0, 0.05) is 24.0 Å². The molecule has 0 bridgehead atoms. The zero-order valence-corrected chi connectivity index (χ0v) is 13.6. The van der Waals surface area contributed by atoms with Crippen LogP contribution in [0.2, 0.25) is 0 Å². The molecule has 0 aliphatic carbocycles. The molecule has 2 aromatic rings. The molecular formula is C15H15N3O2S2. The van der Waals surface area contributed by atoms with Crippen LogP contribution in [0, 0.1) is 0 Å². The van der Waals surface area contributed by atoms with Crippen molar-refractivity contribution >= 4 is 35.0 Å². The van der Waals surface area contributed by atoms with Crippen LogP contribution in [-0.4, -0.2) is 40.2 Å². The van der Waals surface area contributed by atoms with Gasteiger partial charge in [0.05, 0.1) is 10.9 Å². The van der Waals surface area contributed by atoms with E-state index < -0.39 is 0 Å². The van der Waals surface area contributed by atoms with Crippen LogP contribution >= 0.6 is 23.1 Å². The number of aromatic nitrogens is 1. The Morgan fingerprint density at radius 1 is 1.41 bits per heavy atom. The number of hydrogen-bond acceptors (Lipinski definition) is 5. The molecule has 0 unspecified atom stereocenters. The number of benzene rings is 1. The smallest absolute Gasteiger partial charge is 0.324 e. The second kappa shape index (κ2) is 6.50. The fourth-order valence-electron chi connectivity index (χ4n) is 2.16. The summed E-state index contributed by atoms with van der Waals surface area (Å²) in [5.41, 5.74) is 1.97. The lowest BCUT2D eigenvalue weighted by Gasteiger charge is -2.16. The number of nitrogens with zero attached hydrogens (tertiary/aromatic N) is 2. The highest BCUT2D eigenvalue weighted by Gasteiger charge is 2.30. The Kier molecular flexibility index (Phi) is 4.44. The Morgan fingerprint density at radius 3 is 2.86 bits per heavy atom. The molecule has 114 valence electrons. The van der Waals surface area contributed by atoms with Crippen LogP contribution in [-0.2, 0) is 4.79 Å². The van der Waals surface area contributed by atoms with Crippen molar-refractivity contribution in [2.45, 2.75) is 16.5 Å². The number of carbonyl (C=O) groups excluding carboxylic acids is 2. The van der Waals surface area contributed by atoms with Crippen LogP contribution in [0.3, 0.4) is 0 Å². The van der Waals surface area contributed by atoms with Crippen molar-refractivity contribution in [3.05, 3.63) is 35.7 Å². The minimum Gasteiger partial charge on any atom is -0.336 e. The van der Waals surface area contributed by atoms with Crippen LogP contribution in [0.5, 0.6) is 0 Å².